The molecule has 2 aromatic heterocycles. The van der Waals surface area contributed by atoms with Crippen LogP contribution in [0.25, 0.3) is 10.2 Å². The monoisotopic (exact) mass is 329 g/mol. The number of nitrogens with one attached hydrogen (secondary N) is 1. The van der Waals surface area contributed by atoms with Crippen LogP contribution in [0.5, 0.6) is 0 Å². The summed E-state index contributed by atoms with van der Waals surface area (Å²) in [7, 11) is 0. The molecular weight excluding hydrogens is 314 g/mol. The van der Waals surface area contributed by atoms with Crippen molar-refractivity contribution in [1.82, 2.24) is 9.97 Å². The number of aryl methyl sites for hydroxylation is 2. The maximum absolute atomic E-state index is 12.1. The van der Waals surface area contributed by atoms with Crippen molar-refractivity contribution < 1.29 is 4.79 Å². The maximum Gasteiger partial charge on any atom is 0.234 e. The molecule has 0 aliphatic heterocycles. The molecule has 0 radical (unpaired) electrons. The first kappa shape index (κ1) is 15.0. The molecular formula is C16H15N3OS2. The molecule has 0 fully saturated rings. The number of benzene rings is 1. The Labute approximate surface area is 137 Å². The third-order valence-electron chi connectivity index (χ3n) is 3.06. The summed E-state index contributed by atoms with van der Waals surface area (Å²) in [5, 5.41) is 5.78. The zero-order valence-corrected chi connectivity index (χ0v) is 13.9. The summed E-state index contributed by atoms with van der Waals surface area (Å²) in [6.45, 7) is 4.04. The number of hydrogen-bond acceptors (Lipinski definition) is 5. The average Bonchev–Trinajstić information content (AvgIpc) is 2.92. The molecule has 3 aromatic rings. The van der Waals surface area contributed by atoms with Gasteiger partial charge in [-0.2, -0.15) is 0 Å². The Hall–Kier alpha value is -1.92. The zero-order chi connectivity index (χ0) is 15.5. The Kier molecular flexibility index (Phi) is 4.40. The molecule has 0 aliphatic rings. The summed E-state index contributed by atoms with van der Waals surface area (Å²) in [5.41, 5.74) is 4.04. The van der Waals surface area contributed by atoms with E-state index in [1.165, 1.54) is 11.8 Å². The van der Waals surface area contributed by atoms with Gasteiger partial charge in [-0.15, -0.1) is 11.3 Å². The molecule has 4 nitrogen and oxygen atoms in total. The van der Waals surface area contributed by atoms with Crippen LogP contribution in [-0.4, -0.2) is 21.6 Å². The lowest BCUT2D eigenvalue weighted by molar-refractivity contribution is -0.113. The molecule has 0 atom stereocenters. The quantitative estimate of drug-likeness (QED) is 0.580. The van der Waals surface area contributed by atoms with Crippen molar-refractivity contribution in [1.29, 1.82) is 0 Å². The molecule has 0 saturated heterocycles. The van der Waals surface area contributed by atoms with Crippen LogP contribution in [-0.2, 0) is 4.79 Å². The fraction of sp³-hybridized carbons (Fsp3) is 0.188. The van der Waals surface area contributed by atoms with Gasteiger partial charge in [0.15, 0.2) is 0 Å². The molecule has 0 spiro atoms. The lowest BCUT2D eigenvalue weighted by Gasteiger charge is -2.07. The molecule has 22 heavy (non-hydrogen) atoms. The third kappa shape index (κ3) is 3.45. The van der Waals surface area contributed by atoms with E-state index in [1.807, 2.05) is 37.4 Å². The minimum atomic E-state index is -0.0293. The molecule has 6 heteroatoms. The first-order chi connectivity index (χ1) is 10.6. The number of fused-ring (bicyclic) bond motifs is 1. The molecule has 0 unspecified atom stereocenters. The highest BCUT2D eigenvalue weighted by Gasteiger charge is 2.09. The summed E-state index contributed by atoms with van der Waals surface area (Å²) in [4.78, 5) is 20.6. The van der Waals surface area contributed by atoms with Crippen molar-refractivity contribution in [2.75, 3.05) is 11.1 Å². The molecule has 2 heterocycles. The van der Waals surface area contributed by atoms with Gasteiger partial charge >= 0.3 is 0 Å². The van der Waals surface area contributed by atoms with E-state index in [1.54, 1.807) is 17.7 Å². The fourth-order valence-electron chi connectivity index (χ4n) is 2.25. The number of anilines is 1. The van der Waals surface area contributed by atoms with E-state index in [2.05, 4.69) is 21.4 Å². The highest BCUT2D eigenvalue weighted by Crippen LogP contribution is 2.28. The second-order valence-electron chi connectivity index (χ2n) is 5.03. The van der Waals surface area contributed by atoms with Gasteiger partial charge in [0.1, 0.15) is 11.4 Å². The Morgan fingerprint density at radius 1 is 1.23 bits per heavy atom. The van der Waals surface area contributed by atoms with Gasteiger partial charge in [-0.25, -0.2) is 9.97 Å². The predicted octanol–water partition coefficient (Wildman–Crippen LogP) is 4.04. The Bertz CT molecular complexity index is 809. The van der Waals surface area contributed by atoms with E-state index in [-0.39, 0.29) is 5.91 Å². The van der Waals surface area contributed by atoms with Gasteiger partial charge in [0.05, 0.1) is 16.0 Å². The number of nitrogens with zero attached hydrogens (tertiary/aromatic N) is 2. The summed E-state index contributed by atoms with van der Waals surface area (Å²) in [6.07, 6.45) is 1.54. The van der Waals surface area contributed by atoms with Crippen LogP contribution in [0.2, 0.25) is 0 Å². The number of carbonyl (C=O) groups is 1. The van der Waals surface area contributed by atoms with E-state index in [0.29, 0.717) is 5.75 Å². The highest BCUT2D eigenvalue weighted by atomic mass is 32.2. The summed E-state index contributed by atoms with van der Waals surface area (Å²) in [6, 6.07) is 7.98. The highest BCUT2D eigenvalue weighted by molar-refractivity contribution is 8.00. The van der Waals surface area contributed by atoms with E-state index >= 15 is 0 Å². The van der Waals surface area contributed by atoms with Crippen LogP contribution < -0.4 is 5.32 Å². The first-order valence-electron chi connectivity index (χ1n) is 6.81. The van der Waals surface area contributed by atoms with Crippen molar-refractivity contribution in [2.24, 2.45) is 0 Å². The second kappa shape index (κ2) is 6.46. The van der Waals surface area contributed by atoms with Gasteiger partial charge in [0, 0.05) is 5.69 Å². The SMILES string of the molecule is Cc1cc(C)cc(NC(=O)CSc2ncnc3ccsc23)c1. The molecule has 1 amide bonds. The minimum absolute atomic E-state index is 0.0293. The summed E-state index contributed by atoms with van der Waals surface area (Å²) in [5.74, 6) is 0.301. The number of thiophene rings is 1. The molecule has 0 saturated carbocycles. The number of carbonyl (C=O) groups excluding carboxylic acids is 1. The van der Waals surface area contributed by atoms with E-state index in [4.69, 9.17) is 0 Å². The van der Waals surface area contributed by atoms with Gasteiger partial charge in [-0.1, -0.05) is 17.8 Å². The number of hydrogen-bond donors (Lipinski definition) is 1. The van der Waals surface area contributed by atoms with E-state index in [9.17, 15) is 4.79 Å². The second-order valence-corrected chi connectivity index (χ2v) is 6.91. The van der Waals surface area contributed by atoms with Crippen molar-refractivity contribution in [3.63, 3.8) is 0 Å². The van der Waals surface area contributed by atoms with E-state index in [0.717, 1.165) is 32.1 Å². The van der Waals surface area contributed by atoms with Crippen LogP contribution in [0, 0.1) is 13.8 Å². The standard InChI is InChI=1S/C16H15N3OS2/c1-10-5-11(2)7-12(6-10)19-14(20)8-22-16-15-13(3-4-21-15)17-9-18-16/h3-7,9H,8H2,1-2H3,(H,19,20). The molecule has 0 bridgehead atoms. The van der Waals surface area contributed by atoms with Crippen molar-refractivity contribution >= 4 is 44.9 Å². The van der Waals surface area contributed by atoms with Gasteiger partial charge in [0.25, 0.3) is 0 Å². The van der Waals surface area contributed by atoms with Gasteiger partial charge in [-0.3, -0.25) is 4.79 Å². The molecule has 1 N–H and O–H groups in total. The Morgan fingerprint density at radius 2 is 2.00 bits per heavy atom. The van der Waals surface area contributed by atoms with Crippen molar-refractivity contribution in [3.8, 4) is 0 Å². The summed E-state index contributed by atoms with van der Waals surface area (Å²) < 4.78 is 1.03. The predicted molar refractivity (Wildman–Crippen MR) is 92.7 cm³/mol. The van der Waals surface area contributed by atoms with Crippen LogP contribution in [0.3, 0.4) is 0 Å². The number of amides is 1. The molecule has 112 valence electrons. The molecule has 1 aromatic carbocycles. The minimum Gasteiger partial charge on any atom is -0.325 e. The molecule has 0 aliphatic carbocycles. The van der Waals surface area contributed by atoms with Crippen LogP contribution >= 0.6 is 23.1 Å². The van der Waals surface area contributed by atoms with Crippen molar-refractivity contribution in [2.45, 2.75) is 18.9 Å². The summed E-state index contributed by atoms with van der Waals surface area (Å²) >= 11 is 3.03. The lowest BCUT2D eigenvalue weighted by atomic mass is 10.1. The van der Waals surface area contributed by atoms with Crippen LogP contribution in [0.1, 0.15) is 11.1 Å². The number of aromatic nitrogens is 2. The first-order valence-corrected chi connectivity index (χ1v) is 8.67. The van der Waals surface area contributed by atoms with Crippen LogP contribution in [0.4, 0.5) is 5.69 Å². The van der Waals surface area contributed by atoms with Gasteiger partial charge < -0.3 is 5.32 Å². The zero-order valence-electron chi connectivity index (χ0n) is 12.3. The Balaban J connectivity index is 1.66. The van der Waals surface area contributed by atoms with Gasteiger partial charge in [-0.05, 0) is 48.6 Å². The van der Waals surface area contributed by atoms with Crippen LogP contribution in [0.15, 0.2) is 41.0 Å². The largest absolute Gasteiger partial charge is 0.325 e. The van der Waals surface area contributed by atoms with E-state index < -0.39 is 0 Å². The smallest absolute Gasteiger partial charge is 0.234 e. The Morgan fingerprint density at radius 3 is 2.77 bits per heavy atom. The third-order valence-corrected chi connectivity index (χ3v) is 5.08. The molecule has 3 rings (SSSR count). The van der Waals surface area contributed by atoms with Gasteiger partial charge in [0.2, 0.25) is 5.91 Å². The number of thioether (sulfide) groups is 1. The lowest BCUT2D eigenvalue weighted by Crippen LogP contribution is -2.14. The average molecular weight is 329 g/mol. The number of rotatable bonds is 4. The topological polar surface area (TPSA) is 54.9 Å². The maximum atomic E-state index is 12.1. The van der Waals surface area contributed by atoms with Crippen molar-refractivity contribution in [3.05, 3.63) is 47.1 Å². The fourth-order valence-corrected chi connectivity index (χ4v) is 3.99. The normalized spacial score (nSPS) is 10.8.